The van der Waals surface area contributed by atoms with Gasteiger partial charge in [-0.1, -0.05) is 12.5 Å². The van der Waals surface area contributed by atoms with Crippen molar-refractivity contribution in [2.24, 2.45) is 5.92 Å². The minimum atomic E-state index is -0.546. The number of benzene rings is 1. The Bertz CT molecular complexity index is 882. The molecule has 0 bridgehead atoms. The van der Waals surface area contributed by atoms with Crippen molar-refractivity contribution in [3.05, 3.63) is 29.3 Å². The van der Waals surface area contributed by atoms with E-state index in [0.29, 0.717) is 17.6 Å². The molecule has 3 heterocycles. The molecule has 8 heteroatoms. The molecule has 3 aliphatic rings. The number of likely N-dealkylation sites (N-methyl/N-ethyl adjacent to an activating group) is 1. The molecule has 3 aliphatic heterocycles. The quantitative estimate of drug-likeness (QED) is 0.575. The van der Waals surface area contributed by atoms with E-state index in [2.05, 4.69) is 28.2 Å². The number of fused-ring (bicyclic) bond motifs is 1. The van der Waals surface area contributed by atoms with Crippen LogP contribution in [-0.2, 0) is 9.59 Å². The van der Waals surface area contributed by atoms with Crippen molar-refractivity contribution in [2.45, 2.75) is 70.0 Å². The SMILES string of the molecule is Cc1ccc(NC(=O)NC(=O)C2CCCCN2)cc1C1CC2CNC(C)CC2N(C)C1=O. The number of hydrogen-bond donors (Lipinski definition) is 4. The average molecular weight is 442 g/mol. The predicted molar refractivity (Wildman–Crippen MR) is 123 cm³/mol. The van der Waals surface area contributed by atoms with Crippen molar-refractivity contribution in [3.8, 4) is 0 Å². The molecular weight excluding hydrogens is 406 g/mol. The van der Waals surface area contributed by atoms with Crippen LogP contribution in [0, 0.1) is 12.8 Å². The van der Waals surface area contributed by atoms with E-state index in [4.69, 9.17) is 0 Å². The fourth-order valence-corrected chi connectivity index (χ4v) is 5.44. The van der Waals surface area contributed by atoms with Gasteiger partial charge in [-0.05, 0) is 75.3 Å². The summed E-state index contributed by atoms with van der Waals surface area (Å²) in [6.07, 6.45) is 4.54. The molecule has 0 aromatic heterocycles. The maximum absolute atomic E-state index is 13.2. The van der Waals surface area contributed by atoms with Gasteiger partial charge >= 0.3 is 6.03 Å². The van der Waals surface area contributed by atoms with Gasteiger partial charge in [-0.3, -0.25) is 14.9 Å². The number of anilines is 1. The Labute approximate surface area is 189 Å². The molecule has 3 saturated heterocycles. The van der Waals surface area contributed by atoms with Crippen molar-refractivity contribution < 1.29 is 14.4 Å². The summed E-state index contributed by atoms with van der Waals surface area (Å²) in [6.45, 7) is 5.87. The third-order valence-electron chi connectivity index (χ3n) is 7.33. The molecule has 174 valence electrons. The summed E-state index contributed by atoms with van der Waals surface area (Å²) < 4.78 is 0. The van der Waals surface area contributed by atoms with Crippen LogP contribution in [0.5, 0.6) is 0 Å². The number of nitrogens with zero attached hydrogens (tertiary/aromatic N) is 1. The number of urea groups is 1. The lowest BCUT2D eigenvalue weighted by Gasteiger charge is -2.47. The van der Waals surface area contributed by atoms with Crippen molar-refractivity contribution in [1.29, 1.82) is 0 Å². The van der Waals surface area contributed by atoms with E-state index in [0.717, 1.165) is 56.3 Å². The molecule has 8 nitrogen and oxygen atoms in total. The molecule has 0 aliphatic carbocycles. The third-order valence-corrected chi connectivity index (χ3v) is 7.33. The minimum absolute atomic E-state index is 0.142. The van der Waals surface area contributed by atoms with E-state index in [1.165, 1.54) is 0 Å². The monoisotopic (exact) mass is 441 g/mol. The van der Waals surface area contributed by atoms with Gasteiger partial charge in [0.15, 0.2) is 0 Å². The standard InChI is InChI=1S/C24H35N5O3/c1-14-7-8-17(27-24(32)28-22(30)20-6-4-5-9-25-20)12-18(14)19-11-16-13-26-15(2)10-21(16)29(3)23(19)31/h7-8,12,15-16,19-21,25-26H,4-6,9-11,13H2,1-3H3,(H2,27,28,30,32). The summed E-state index contributed by atoms with van der Waals surface area (Å²) in [4.78, 5) is 39.9. The first-order valence-corrected chi connectivity index (χ1v) is 11.8. The maximum atomic E-state index is 13.2. The second kappa shape index (κ2) is 9.58. The Morgan fingerprint density at radius 1 is 1.16 bits per heavy atom. The van der Waals surface area contributed by atoms with Gasteiger partial charge in [0.05, 0.1) is 12.0 Å². The lowest BCUT2D eigenvalue weighted by atomic mass is 9.75. The smallest absolute Gasteiger partial charge is 0.325 e. The summed E-state index contributed by atoms with van der Waals surface area (Å²) >= 11 is 0. The van der Waals surface area contributed by atoms with E-state index in [9.17, 15) is 14.4 Å². The van der Waals surface area contributed by atoms with Crippen LogP contribution in [-0.4, -0.2) is 61.0 Å². The number of piperidine rings is 3. The second-order valence-electron chi connectivity index (χ2n) is 9.63. The number of hydrogen-bond acceptors (Lipinski definition) is 5. The molecule has 5 atom stereocenters. The van der Waals surface area contributed by atoms with E-state index >= 15 is 0 Å². The summed E-state index contributed by atoms with van der Waals surface area (Å²) in [6, 6.07) is 5.45. The summed E-state index contributed by atoms with van der Waals surface area (Å²) in [5, 5.41) is 11.9. The molecule has 4 amide bonds. The highest BCUT2D eigenvalue weighted by Crippen LogP contribution is 2.39. The molecule has 3 fully saturated rings. The van der Waals surface area contributed by atoms with Crippen LogP contribution in [0.15, 0.2) is 18.2 Å². The molecule has 0 saturated carbocycles. The lowest BCUT2D eigenvalue weighted by molar-refractivity contribution is -0.140. The second-order valence-corrected chi connectivity index (χ2v) is 9.63. The van der Waals surface area contributed by atoms with Gasteiger partial charge in [0.1, 0.15) is 0 Å². The van der Waals surface area contributed by atoms with Gasteiger partial charge in [-0.15, -0.1) is 0 Å². The van der Waals surface area contributed by atoms with Crippen LogP contribution in [0.2, 0.25) is 0 Å². The molecular formula is C24H35N5O3. The van der Waals surface area contributed by atoms with Crippen LogP contribution in [0.25, 0.3) is 0 Å². The number of nitrogens with one attached hydrogen (secondary N) is 4. The van der Waals surface area contributed by atoms with Gasteiger partial charge in [-0.2, -0.15) is 0 Å². The van der Waals surface area contributed by atoms with Gasteiger partial charge < -0.3 is 20.9 Å². The Hall–Kier alpha value is -2.45. The zero-order chi connectivity index (χ0) is 22.8. The zero-order valence-corrected chi connectivity index (χ0v) is 19.2. The van der Waals surface area contributed by atoms with Crippen molar-refractivity contribution in [1.82, 2.24) is 20.9 Å². The van der Waals surface area contributed by atoms with Crippen molar-refractivity contribution in [2.75, 3.05) is 25.5 Å². The molecule has 0 spiro atoms. The highest BCUT2D eigenvalue weighted by atomic mass is 16.2. The van der Waals surface area contributed by atoms with Crippen molar-refractivity contribution >= 4 is 23.5 Å². The van der Waals surface area contributed by atoms with Gasteiger partial charge in [0.2, 0.25) is 11.8 Å². The molecule has 4 N–H and O–H groups in total. The summed E-state index contributed by atoms with van der Waals surface area (Å²) in [7, 11) is 1.92. The number of likely N-dealkylation sites (tertiary alicyclic amines) is 1. The van der Waals surface area contributed by atoms with Crippen LogP contribution in [0.4, 0.5) is 10.5 Å². The molecule has 32 heavy (non-hydrogen) atoms. The zero-order valence-electron chi connectivity index (χ0n) is 19.2. The summed E-state index contributed by atoms with van der Waals surface area (Å²) in [5.41, 5.74) is 2.55. The average Bonchev–Trinajstić information content (AvgIpc) is 2.78. The Morgan fingerprint density at radius 2 is 1.97 bits per heavy atom. The van der Waals surface area contributed by atoms with Gasteiger partial charge in [-0.25, -0.2) is 4.79 Å². The molecule has 4 rings (SSSR count). The van der Waals surface area contributed by atoms with Gasteiger partial charge in [0, 0.05) is 31.4 Å². The first-order valence-electron chi connectivity index (χ1n) is 11.8. The number of carbonyl (C=O) groups excluding carboxylic acids is 3. The van der Waals surface area contributed by atoms with Crippen molar-refractivity contribution in [3.63, 3.8) is 0 Å². The van der Waals surface area contributed by atoms with Gasteiger partial charge in [0.25, 0.3) is 0 Å². The molecule has 1 aromatic rings. The van der Waals surface area contributed by atoms with Crippen LogP contribution >= 0.6 is 0 Å². The summed E-state index contributed by atoms with van der Waals surface area (Å²) in [5.74, 6) is 0.0282. The maximum Gasteiger partial charge on any atom is 0.325 e. The normalized spacial score (nSPS) is 30.4. The van der Waals surface area contributed by atoms with E-state index in [1.54, 1.807) is 0 Å². The largest absolute Gasteiger partial charge is 0.342 e. The minimum Gasteiger partial charge on any atom is -0.342 e. The number of rotatable bonds is 3. The van der Waals surface area contributed by atoms with Crippen LogP contribution in [0.3, 0.4) is 0 Å². The molecule has 0 radical (unpaired) electrons. The molecule has 1 aromatic carbocycles. The Balaban J connectivity index is 1.45. The number of imide groups is 1. The van der Waals surface area contributed by atoms with Crippen LogP contribution in [0.1, 0.15) is 56.1 Å². The fourth-order valence-electron chi connectivity index (χ4n) is 5.44. The highest BCUT2D eigenvalue weighted by molar-refractivity contribution is 6.03. The Kier molecular flexibility index (Phi) is 6.81. The fraction of sp³-hybridized carbons (Fsp3) is 0.625. The highest BCUT2D eigenvalue weighted by Gasteiger charge is 2.43. The lowest BCUT2D eigenvalue weighted by Crippen LogP contribution is -2.57. The predicted octanol–water partition coefficient (Wildman–Crippen LogP) is 2.10. The van der Waals surface area contributed by atoms with E-state index in [-0.39, 0.29) is 29.8 Å². The molecule has 5 unspecified atom stereocenters. The first kappa shape index (κ1) is 22.7. The number of aryl methyl sites for hydroxylation is 1. The Morgan fingerprint density at radius 3 is 2.72 bits per heavy atom. The third kappa shape index (κ3) is 4.81. The van der Waals surface area contributed by atoms with E-state index < -0.39 is 6.03 Å². The van der Waals surface area contributed by atoms with Crippen LogP contribution < -0.4 is 21.3 Å². The topological polar surface area (TPSA) is 103 Å². The first-order chi connectivity index (χ1) is 15.3. The van der Waals surface area contributed by atoms with E-state index in [1.807, 2.05) is 37.1 Å². The number of carbonyl (C=O) groups is 3. The number of amides is 4.